The zero-order valence-corrected chi connectivity index (χ0v) is 12.9. The second-order valence-electron chi connectivity index (χ2n) is 4.88. The molecule has 0 aliphatic rings. The van der Waals surface area contributed by atoms with Crippen molar-refractivity contribution in [1.29, 1.82) is 0 Å². The van der Waals surface area contributed by atoms with Gasteiger partial charge in [-0.15, -0.1) is 0 Å². The second kappa shape index (κ2) is 5.43. The minimum absolute atomic E-state index is 0.211. The van der Waals surface area contributed by atoms with Crippen LogP contribution in [0.1, 0.15) is 33.9 Å². The zero-order valence-electron chi connectivity index (χ0n) is 11.3. The van der Waals surface area contributed by atoms with Gasteiger partial charge in [0.1, 0.15) is 5.82 Å². The van der Waals surface area contributed by atoms with Gasteiger partial charge >= 0.3 is 0 Å². The van der Waals surface area contributed by atoms with E-state index in [0.29, 0.717) is 0 Å². The van der Waals surface area contributed by atoms with Crippen molar-refractivity contribution < 1.29 is 4.39 Å². The van der Waals surface area contributed by atoms with E-state index in [2.05, 4.69) is 15.9 Å². The summed E-state index contributed by atoms with van der Waals surface area (Å²) in [6.45, 7) is 5.84. The summed E-state index contributed by atoms with van der Waals surface area (Å²) >= 11 is 3.52. The van der Waals surface area contributed by atoms with Crippen molar-refractivity contribution in [2.45, 2.75) is 26.8 Å². The van der Waals surface area contributed by atoms with Crippen molar-refractivity contribution in [1.82, 2.24) is 0 Å². The van der Waals surface area contributed by atoms with E-state index < -0.39 is 0 Å². The molecule has 2 rings (SSSR count). The summed E-state index contributed by atoms with van der Waals surface area (Å²) in [6.07, 6.45) is 0. The largest absolute Gasteiger partial charge is 0.320 e. The van der Waals surface area contributed by atoms with Crippen molar-refractivity contribution >= 4 is 15.9 Å². The Morgan fingerprint density at radius 1 is 1.11 bits per heavy atom. The summed E-state index contributed by atoms with van der Waals surface area (Å²) in [5.74, 6) is -0.211. The highest BCUT2D eigenvalue weighted by Crippen LogP contribution is 2.31. The van der Waals surface area contributed by atoms with Crippen LogP contribution in [0.25, 0.3) is 0 Å². The quantitative estimate of drug-likeness (QED) is 0.862. The lowest BCUT2D eigenvalue weighted by Gasteiger charge is -2.20. The third kappa shape index (κ3) is 2.72. The van der Waals surface area contributed by atoms with Gasteiger partial charge in [0.15, 0.2) is 0 Å². The first-order valence-electron chi connectivity index (χ1n) is 6.19. The molecule has 2 aromatic rings. The lowest BCUT2D eigenvalue weighted by molar-refractivity contribution is 0.623. The van der Waals surface area contributed by atoms with Crippen LogP contribution in [-0.4, -0.2) is 0 Å². The molecule has 0 spiro atoms. The van der Waals surface area contributed by atoms with E-state index in [-0.39, 0.29) is 11.9 Å². The summed E-state index contributed by atoms with van der Waals surface area (Å²) in [5.41, 5.74) is 11.4. The molecule has 0 saturated carbocycles. The van der Waals surface area contributed by atoms with E-state index in [1.165, 1.54) is 12.1 Å². The Balaban J connectivity index is 2.56. The van der Waals surface area contributed by atoms with E-state index in [4.69, 9.17) is 5.73 Å². The number of nitrogens with two attached hydrogens (primary N) is 1. The summed E-state index contributed by atoms with van der Waals surface area (Å²) in [6, 6.07) is 8.83. The maximum absolute atomic E-state index is 13.4. The summed E-state index contributed by atoms with van der Waals surface area (Å²) in [4.78, 5) is 0. The summed E-state index contributed by atoms with van der Waals surface area (Å²) in [7, 11) is 0. The lowest BCUT2D eigenvalue weighted by Crippen LogP contribution is -2.16. The molecule has 2 aromatic carbocycles. The molecule has 19 heavy (non-hydrogen) atoms. The monoisotopic (exact) mass is 321 g/mol. The van der Waals surface area contributed by atoms with Gasteiger partial charge < -0.3 is 5.73 Å². The average Bonchev–Trinajstić information content (AvgIpc) is 2.31. The fourth-order valence-electron chi connectivity index (χ4n) is 2.53. The molecular formula is C16H17BrFN. The van der Waals surface area contributed by atoms with Crippen LogP contribution in [0.3, 0.4) is 0 Å². The first-order valence-corrected chi connectivity index (χ1v) is 6.98. The van der Waals surface area contributed by atoms with Crippen LogP contribution >= 0.6 is 15.9 Å². The molecule has 1 nitrogen and oxygen atoms in total. The number of aryl methyl sites for hydroxylation is 2. The normalized spacial score (nSPS) is 12.5. The van der Waals surface area contributed by atoms with Crippen molar-refractivity contribution in [2.24, 2.45) is 5.73 Å². The maximum Gasteiger partial charge on any atom is 0.123 e. The van der Waals surface area contributed by atoms with Gasteiger partial charge in [-0.3, -0.25) is 0 Å². The fourth-order valence-corrected chi connectivity index (χ4v) is 2.91. The standard InChI is InChI=1S/C16H17BrFN/c1-9-7-12(18)8-10(2)15(9)16(19)13-5-4-6-14(17)11(13)3/h4-8,16H,19H2,1-3H3. The lowest BCUT2D eigenvalue weighted by atomic mass is 9.90. The average molecular weight is 322 g/mol. The van der Waals surface area contributed by atoms with Crippen LogP contribution in [0.2, 0.25) is 0 Å². The molecule has 3 heteroatoms. The first kappa shape index (κ1) is 14.2. The number of benzene rings is 2. The summed E-state index contributed by atoms with van der Waals surface area (Å²) < 4.78 is 14.4. The molecule has 0 aliphatic carbocycles. The highest BCUT2D eigenvalue weighted by atomic mass is 79.9. The van der Waals surface area contributed by atoms with Crippen molar-refractivity contribution in [3.63, 3.8) is 0 Å². The molecule has 2 N–H and O–H groups in total. The van der Waals surface area contributed by atoms with E-state index in [0.717, 1.165) is 32.3 Å². The molecule has 0 heterocycles. The Morgan fingerprint density at radius 3 is 2.26 bits per heavy atom. The molecule has 100 valence electrons. The Morgan fingerprint density at radius 2 is 1.68 bits per heavy atom. The number of halogens is 2. The van der Waals surface area contributed by atoms with Crippen LogP contribution in [0.5, 0.6) is 0 Å². The SMILES string of the molecule is Cc1cc(F)cc(C)c1C(N)c1cccc(Br)c1C. The fraction of sp³-hybridized carbons (Fsp3) is 0.250. The van der Waals surface area contributed by atoms with Crippen LogP contribution < -0.4 is 5.73 Å². The predicted molar refractivity (Wildman–Crippen MR) is 80.8 cm³/mol. The van der Waals surface area contributed by atoms with Crippen LogP contribution in [0.15, 0.2) is 34.8 Å². The van der Waals surface area contributed by atoms with Crippen molar-refractivity contribution in [2.75, 3.05) is 0 Å². The molecule has 0 bridgehead atoms. The first-order chi connectivity index (χ1) is 8.91. The molecule has 0 fully saturated rings. The predicted octanol–water partition coefficient (Wildman–Crippen LogP) is 4.56. The van der Waals surface area contributed by atoms with Crippen LogP contribution in [-0.2, 0) is 0 Å². The highest BCUT2D eigenvalue weighted by molar-refractivity contribution is 9.10. The van der Waals surface area contributed by atoms with Crippen LogP contribution in [0, 0.1) is 26.6 Å². The van der Waals surface area contributed by atoms with Gasteiger partial charge in [0.05, 0.1) is 6.04 Å². The minimum atomic E-state index is -0.238. The van der Waals surface area contributed by atoms with Gasteiger partial charge in [-0.2, -0.15) is 0 Å². The molecule has 1 unspecified atom stereocenters. The third-order valence-electron chi connectivity index (χ3n) is 3.51. The van der Waals surface area contributed by atoms with E-state index in [1.807, 2.05) is 39.0 Å². The maximum atomic E-state index is 13.4. The van der Waals surface area contributed by atoms with Crippen LogP contribution in [0.4, 0.5) is 4.39 Å². The topological polar surface area (TPSA) is 26.0 Å². The van der Waals surface area contributed by atoms with E-state index >= 15 is 0 Å². The van der Waals surface area contributed by atoms with Gasteiger partial charge in [0.2, 0.25) is 0 Å². The Bertz CT molecular complexity index is 599. The molecular weight excluding hydrogens is 305 g/mol. The molecule has 0 aliphatic heterocycles. The smallest absolute Gasteiger partial charge is 0.123 e. The highest BCUT2D eigenvalue weighted by Gasteiger charge is 2.17. The minimum Gasteiger partial charge on any atom is -0.320 e. The van der Waals surface area contributed by atoms with Crippen molar-refractivity contribution in [3.05, 3.63) is 68.4 Å². The summed E-state index contributed by atoms with van der Waals surface area (Å²) in [5, 5.41) is 0. The van der Waals surface area contributed by atoms with Gasteiger partial charge in [0, 0.05) is 4.47 Å². The van der Waals surface area contributed by atoms with E-state index in [1.54, 1.807) is 0 Å². The molecule has 0 amide bonds. The second-order valence-corrected chi connectivity index (χ2v) is 5.74. The molecule has 0 radical (unpaired) electrons. The van der Waals surface area contributed by atoms with E-state index in [9.17, 15) is 4.39 Å². The zero-order chi connectivity index (χ0) is 14.2. The molecule has 1 atom stereocenters. The number of rotatable bonds is 2. The Kier molecular flexibility index (Phi) is 4.07. The number of hydrogen-bond acceptors (Lipinski definition) is 1. The van der Waals surface area contributed by atoms with Gasteiger partial charge in [0.25, 0.3) is 0 Å². The van der Waals surface area contributed by atoms with Gasteiger partial charge in [-0.05, 0) is 66.8 Å². The Hall–Kier alpha value is -1.19. The molecule has 0 aromatic heterocycles. The molecule has 0 saturated heterocycles. The van der Waals surface area contributed by atoms with Gasteiger partial charge in [-0.1, -0.05) is 28.1 Å². The number of hydrogen-bond donors (Lipinski definition) is 1. The van der Waals surface area contributed by atoms with Crippen molar-refractivity contribution in [3.8, 4) is 0 Å². The van der Waals surface area contributed by atoms with Gasteiger partial charge in [-0.25, -0.2) is 4.39 Å². The third-order valence-corrected chi connectivity index (χ3v) is 4.37. The Labute approximate surface area is 121 Å².